The van der Waals surface area contributed by atoms with Crippen molar-refractivity contribution >= 4 is 22.3 Å². The van der Waals surface area contributed by atoms with E-state index in [1.54, 1.807) is 23.9 Å². The Hall–Kier alpha value is -4.16. The Morgan fingerprint density at radius 2 is 1.79 bits per heavy atom. The van der Waals surface area contributed by atoms with Gasteiger partial charge in [0.1, 0.15) is 6.04 Å². The number of methoxy groups -OCH3 is 1. The minimum absolute atomic E-state index is 0.0660. The van der Waals surface area contributed by atoms with Gasteiger partial charge in [0.25, 0.3) is 11.2 Å². The lowest BCUT2D eigenvalue weighted by molar-refractivity contribution is -0.384. The maximum atomic E-state index is 13.5. The number of nitro groups is 1. The molecule has 2 aromatic carbocycles. The van der Waals surface area contributed by atoms with Gasteiger partial charge < -0.3 is 14.6 Å². The summed E-state index contributed by atoms with van der Waals surface area (Å²) in [6.45, 7) is 7.62. The number of hydrogen-bond acceptors (Lipinski definition) is 9. The van der Waals surface area contributed by atoms with Gasteiger partial charge in [-0.1, -0.05) is 0 Å². The first-order valence-corrected chi connectivity index (χ1v) is 12.5. The number of nitrogens with one attached hydrogen (secondary N) is 1. The van der Waals surface area contributed by atoms with Gasteiger partial charge in [-0.25, -0.2) is 4.68 Å². The number of aromatic amines is 1. The molecule has 1 saturated heterocycles. The molecule has 12 heteroatoms. The number of hydrogen-bond donors (Lipinski definition) is 1. The maximum absolute atomic E-state index is 13.5. The SMILES string of the molecule is COCCn1nnnc1C(c1cc2cc(C)c(C)cc2[nH]c1=O)N1CCN(c2ccc([N+](=O)[O-])cc2)CC1. The molecule has 198 valence electrons. The van der Waals surface area contributed by atoms with Gasteiger partial charge in [-0.3, -0.25) is 19.8 Å². The zero-order valence-corrected chi connectivity index (χ0v) is 21.6. The van der Waals surface area contributed by atoms with Crippen molar-refractivity contribution in [2.45, 2.75) is 26.4 Å². The lowest BCUT2D eigenvalue weighted by Gasteiger charge is -2.39. The minimum atomic E-state index is -0.462. The summed E-state index contributed by atoms with van der Waals surface area (Å²) in [5.74, 6) is 0.583. The number of non-ortho nitro benzene ring substituents is 1. The van der Waals surface area contributed by atoms with E-state index in [4.69, 9.17) is 4.74 Å². The molecule has 4 aromatic rings. The second kappa shape index (κ2) is 10.7. The van der Waals surface area contributed by atoms with Gasteiger partial charge >= 0.3 is 0 Å². The van der Waals surface area contributed by atoms with Gasteiger partial charge in [-0.2, -0.15) is 0 Å². The summed E-state index contributed by atoms with van der Waals surface area (Å²) in [6.07, 6.45) is 0. The van der Waals surface area contributed by atoms with Crippen LogP contribution in [-0.2, 0) is 11.3 Å². The van der Waals surface area contributed by atoms with Crippen molar-refractivity contribution in [2.24, 2.45) is 0 Å². The fourth-order valence-corrected chi connectivity index (χ4v) is 4.96. The van der Waals surface area contributed by atoms with Gasteiger partial charge in [0.2, 0.25) is 0 Å². The number of pyridine rings is 1. The summed E-state index contributed by atoms with van der Waals surface area (Å²) in [6, 6.07) is 12.2. The predicted octanol–water partition coefficient (Wildman–Crippen LogP) is 2.60. The molecule has 1 atom stereocenters. The van der Waals surface area contributed by atoms with E-state index in [9.17, 15) is 14.9 Å². The van der Waals surface area contributed by atoms with Crippen molar-refractivity contribution in [2.75, 3.05) is 44.8 Å². The highest BCUT2D eigenvalue weighted by molar-refractivity contribution is 5.81. The van der Waals surface area contributed by atoms with Crippen molar-refractivity contribution in [1.29, 1.82) is 0 Å². The number of aromatic nitrogens is 5. The molecule has 3 heterocycles. The van der Waals surface area contributed by atoms with Crippen molar-refractivity contribution in [3.05, 3.63) is 85.4 Å². The van der Waals surface area contributed by atoms with Crippen LogP contribution < -0.4 is 10.5 Å². The largest absolute Gasteiger partial charge is 0.383 e. The van der Waals surface area contributed by atoms with Gasteiger partial charge in [0.05, 0.1) is 18.1 Å². The Labute approximate surface area is 219 Å². The third-order valence-electron chi connectivity index (χ3n) is 7.20. The number of aryl methyl sites for hydroxylation is 2. The molecule has 0 saturated carbocycles. The molecule has 0 aliphatic carbocycles. The number of anilines is 1. The molecule has 1 N–H and O–H groups in total. The summed E-state index contributed by atoms with van der Waals surface area (Å²) in [4.78, 5) is 31.5. The van der Waals surface area contributed by atoms with Crippen LogP contribution in [-0.4, -0.2) is 74.9 Å². The van der Waals surface area contributed by atoms with Crippen LogP contribution in [0.1, 0.15) is 28.6 Å². The molecule has 1 unspecified atom stereocenters. The van der Waals surface area contributed by atoms with E-state index in [0.717, 1.165) is 27.7 Å². The van der Waals surface area contributed by atoms with Crippen molar-refractivity contribution in [3.8, 4) is 0 Å². The van der Waals surface area contributed by atoms with Crippen LogP contribution in [0, 0.1) is 24.0 Å². The summed E-state index contributed by atoms with van der Waals surface area (Å²) >= 11 is 0. The fourth-order valence-electron chi connectivity index (χ4n) is 4.96. The van der Waals surface area contributed by atoms with Crippen LogP contribution in [0.15, 0.2) is 47.3 Å². The van der Waals surface area contributed by atoms with E-state index < -0.39 is 11.0 Å². The van der Waals surface area contributed by atoms with Crippen LogP contribution in [0.25, 0.3) is 10.9 Å². The van der Waals surface area contributed by atoms with Crippen LogP contribution in [0.4, 0.5) is 11.4 Å². The minimum Gasteiger partial charge on any atom is -0.383 e. The monoisotopic (exact) mass is 518 g/mol. The highest BCUT2D eigenvalue weighted by Crippen LogP contribution is 2.30. The number of nitro benzene ring substituents is 1. The normalized spacial score (nSPS) is 15.2. The first-order chi connectivity index (χ1) is 18.4. The van der Waals surface area contributed by atoms with Crippen LogP contribution in [0.5, 0.6) is 0 Å². The molecular weight excluding hydrogens is 488 g/mol. The maximum Gasteiger partial charge on any atom is 0.269 e. The number of piperazine rings is 1. The standard InChI is InChI=1S/C26H30N8O4/c1-17-14-19-16-22(26(35)27-23(19)15-18(17)2)24(25-28-29-30-33(25)12-13-38-3)32-10-8-31(9-11-32)20-4-6-21(7-5-20)34(36)37/h4-7,14-16,24H,8-13H2,1-3H3,(H,27,35). The number of benzene rings is 2. The molecule has 2 aromatic heterocycles. The fraction of sp³-hybridized carbons (Fsp3) is 0.385. The number of H-pyrrole nitrogens is 1. The average Bonchev–Trinajstić information content (AvgIpc) is 3.37. The topological polar surface area (TPSA) is 135 Å². The Balaban J connectivity index is 1.49. The first-order valence-electron chi connectivity index (χ1n) is 12.5. The first kappa shape index (κ1) is 25.5. The molecule has 38 heavy (non-hydrogen) atoms. The molecule has 1 fully saturated rings. The third-order valence-corrected chi connectivity index (χ3v) is 7.20. The van der Waals surface area contributed by atoms with Crippen LogP contribution in [0.2, 0.25) is 0 Å². The Morgan fingerprint density at radius 1 is 1.08 bits per heavy atom. The summed E-state index contributed by atoms with van der Waals surface area (Å²) in [5.41, 5.74) is 4.45. The smallest absolute Gasteiger partial charge is 0.269 e. The number of rotatable bonds is 8. The van der Waals surface area contributed by atoms with Gasteiger partial charge in [0.15, 0.2) is 5.82 Å². The molecule has 0 amide bonds. The van der Waals surface area contributed by atoms with Crippen LogP contribution >= 0.6 is 0 Å². The zero-order chi connectivity index (χ0) is 26.8. The zero-order valence-electron chi connectivity index (χ0n) is 21.6. The molecule has 0 spiro atoms. The lowest BCUT2D eigenvalue weighted by Crippen LogP contribution is -2.49. The second-order valence-electron chi connectivity index (χ2n) is 9.53. The third kappa shape index (κ3) is 5.00. The molecular formula is C26H30N8O4. The van der Waals surface area contributed by atoms with E-state index >= 15 is 0 Å². The predicted molar refractivity (Wildman–Crippen MR) is 142 cm³/mol. The van der Waals surface area contributed by atoms with Gasteiger partial charge in [-0.05, 0) is 71.1 Å². The van der Waals surface area contributed by atoms with E-state index in [1.165, 1.54) is 12.1 Å². The number of nitrogens with zero attached hydrogens (tertiary/aromatic N) is 7. The summed E-state index contributed by atoms with van der Waals surface area (Å²) in [5, 5.41) is 24.4. The Bertz CT molecular complexity index is 1510. The highest BCUT2D eigenvalue weighted by atomic mass is 16.6. The van der Waals surface area contributed by atoms with Crippen molar-refractivity contribution < 1.29 is 9.66 Å². The van der Waals surface area contributed by atoms with E-state index in [1.807, 2.05) is 19.1 Å². The van der Waals surface area contributed by atoms with Gasteiger partial charge in [-0.15, -0.1) is 5.10 Å². The van der Waals surface area contributed by atoms with Gasteiger partial charge in [0, 0.05) is 62.2 Å². The number of fused-ring (bicyclic) bond motifs is 1. The Kier molecular flexibility index (Phi) is 7.16. The van der Waals surface area contributed by atoms with Crippen molar-refractivity contribution in [3.63, 3.8) is 0 Å². The van der Waals surface area contributed by atoms with E-state index in [2.05, 4.69) is 43.3 Å². The number of ether oxygens (including phenoxy) is 1. The molecule has 1 aliphatic heterocycles. The van der Waals surface area contributed by atoms with Crippen molar-refractivity contribution in [1.82, 2.24) is 30.1 Å². The van der Waals surface area contributed by atoms with E-state index in [0.29, 0.717) is 50.7 Å². The second-order valence-corrected chi connectivity index (χ2v) is 9.53. The Morgan fingerprint density at radius 3 is 2.47 bits per heavy atom. The summed E-state index contributed by atoms with van der Waals surface area (Å²) in [7, 11) is 1.62. The van der Waals surface area contributed by atoms with E-state index in [-0.39, 0.29) is 11.2 Å². The van der Waals surface area contributed by atoms with Crippen LogP contribution in [0.3, 0.4) is 0 Å². The molecule has 12 nitrogen and oxygen atoms in total. The average molecular weight is 519 g/mol. The summed E-state index contributed by atoms with van der Waals surface area (Å²) < 4.78 is 6.94. The molecule has 5 rings (SSSR count). The number of tetrazole rings is 1. The highest BCUT2D eigenvalue weighted by Gasteiger charge is 2.33. The quantitative estimate of drug-likeness (QED) is 0.276. The molecule has 0 radical (unpaired) electrons. The molecule has 0 bridgehead atoms. The molecule has 1 aliphatic rings. The lowest BCUT2D eigenvalue weighted by atomic mass is 10.00.